The van der Waals surface area contributed by atoms with Crippen molar-refractivity contribution in [3.05, 3.63) is 60.2 Å². The maximum Gasteiger partial charge on any atom is 0.422 e. The molecule has 3 aromatic carbocycles. The molecule has 4 heterocycles. The molecule has 0 spiro atoms. The van der Waals surface area contributed by atoms with Gasteiger partial charge in [-0.25, -0.2) is 25.4 Å². The van der Waals surface area contributed by atoms with E-state index in [9.17, 15) is 30.0 Å². The molecule has 322 valence electrons. The first kappa shape index (κ1) is 43.9. The number of rotatable bonds is 13. The van der Waals surface area contributed by atoms with Gasteiger partial charge in [-0.1, -0.05) is 6.07 Å². The molecule has 0 atom stereocenters. The summed E-state index contributed by atoms with van der Waals surface area (Å²) in [5.41, 5.74) is 2.88. The van der Waals surface area contributed by atoms with E-state index in [2.05, 4.69) is 30.8 Å². The van der Waals surface area contributed by atoms with Crippen LogP contribution in [0.2, 0.25) is 0 Å². The number of aromatic nitrogens is 2. The predicted molar refractivity (Wildman–Crippen MR) is 216 cm³/mol. The van der Waals surface area contributed by atoms with E-state index in [0.717, 1.165) is 61.7 Å². The van der Waals surface area contributed by atoms with Gasteiger partial charge in [0.2, 0.25) is 20.0 Å². The second-order valence-electron chi connectivity index (χ2n) is 14.6. The third-order valence-electron chi connectivity index (χ3n) is 9.88. The average Bonchev–Trinajstić information content (AvgIpc) is 3.80. The first-order valence-corrected chi connectivity index (χ1v) is 21.8. The topological polar surface area (TPSA) is 185 Å². The van der Waals surface area contributed by atoms with Crippen LogP contribution in [0.25, 0.3) is 22.2 Å². The summed E-state index contributed by atoms with van der Waals surface area (Å²) in [5.74, 6) is 0.312. The third-order valence-corrected chi connectivity index (χ3v) is 13.5. The summed E-state index contributed by atoms with van der Waals surface area (Å²) in [6.45, 7) is 2.64. The number of likely N-dealkylation sites (tertiary alicyclic amines) is 1. The maximum absolute atomic E-state index is 12.6. The zero-order chi connectivity index (χ0) is 42.5. The first-order valence-electron chi connectivity index (χ1n) is 18.9. The van der Waals surface area contributed by atoms with E-state index < -0.39 is 32.8 Å². The second-order valence-corrected chi connectivity index (χ2v) is 18.9. The Balaban J connectivity index is 0.000000226. The van der Waals surface area contributed by atoms with Crippen molar-refractivity contribution in [1.29, 1.82) is 0 Å². The van der Waals surface area contributed by atoms with E-state index in [1.54, 1.807) is 30.3 Å². The Morgan fingerprint density at radius 1 is 0.763 bits per heavy atom. The summed E-state index contributed by atoms with van der Waals surface area (Å²) in [5, 5.41) is 9.86. The average molecular weight is 867 g/mol. The highest BCUT2D eigenvalue weighted by Crippen LogP contribution is 2.31. The molecule has 0 bridgehead atoms. The zero-order valence-corrected chi connectivity index (χ0v) is 35.0. The molecule has 2 aliphatic rings. The van der Waals surface area contributed by atoms with E-state index >= 15 is 0 Å². The lowest BCUT2D eigenvalue weighted by Gasteiger charge is -2.32. The monoisotopic (exact) mass is 866 g/mol. The van der Waals surface area contributed by atoms with Crippen LogP contribution in [-0.4, -0.2) is 127 Å². The predicted octanol–water partition coefficient (Wildman–Crippen LogP) is 5.35. The molecule has 2 aliphatic heterocycles. The van der Waals surface area contributed by atoms with E-state index in [0.29, 0.717) is 46.8 Å². The molecule has 0 unspecified atom stereocenters. The number of oxazole rings is 2. The number of methoxy groups -OCH3 is 1. The molecular formula is C38H49F3N8O8S2. The van der Waals surface area contributed by atoms with Crippen LogP contribution in [0.5, 0.6) is 11.5 Å². The van der Waals surface area contributed by atoms with Crippen molar-refractivity contribution in [1.82, 2.24) is 28.8 Å². The van der Waals surface area contributed by atoms with Crippen LogP contribution in [0.1, 0.15) is 31.2 Å². The number of hydrogen-bond acceptors (Lipinski definition) is 14. The fourth-order valence-corrected chi connectivity index (χ4v) is 8.43. The summed E-state index contributed by atoms with van der Waals surface area (Å²) in [6, 6.07) is 15.5. The van der Waals surface area contributed by atoms with Gasteiger partial charge in [-0.3, -0.25) is 4.90 Å². The molecule has 0 radical (unpaired) electrons. The number of halogens is 3. The van der Waals surface area contributed by atoms with Crippen molar-refractivity contribution in [3.63, 3.8) is 0 Å². The highest BCUT2D eigenvalue weighted by atomic mass is 32.2. The highest BCUT2D eigenvalue weighted by Gasteiger charge is 2.29. The minimum absolute atomic E-state index is 0.0615. The fraction of sp³-hybridized carbons (Fsp3) is 0.474. The zero-order valence-electron chi connectivity index (χ0n) is 33.4. The number of hydrogen-bond donors (Lipinski definition) is 3. The lowest BCUT2D eigenvalue weighted by molar-refractivity contribution is -0.153. The van der Waals surface area contributed by atoms with Crippen LogP contribution in [0.4, 0.5) is 25.2 Å². The molecule has 2 saturated heterocycles. The van der Waals surface area contributed by atoms with Crippen molar-refractivity contribution in [2.45, 2.75) is 60.3 Å². The lowest BCUT2D eigenvalue weighted by Crippen LogP contribution is -2.38. The molecule has 5 aromatic rings. The number of nitrogens with one attached hydrogen (secondary N) is 3. The van der Waals surface area contributed by atoms with Gasteiger partial charge in [-0.2, -0.15) is 23.1 Å². The minimum atomic E-state index is -4.43. The van der Waals surface area contributed by atoms with Crippen molar-refractivity contribution >= 4 is 54.3 Å². The van der Waals surface area contributed by atoms with Crippen molar-refractivity contribution in [3.8, 4) is 11.5 Å². The molecule has 0 aliphatic carbocycles. The number of piperidine rings is 2. The normalized spacial score (nSPS) is 16.4. The Bertz CT molecular complexity index is 2430. The van der Waals surface area contributed by atoms with Gasteiger partial charge >= 0.3 is 6.18 Å². The molecule has 21 heteroatoms. The number of alkyl halides is 3. The van der Waals surface area contributed by atoms with Crippen molar-refractivity contribution in [2.75, 3.05) is 78.7 Å². The van der Waals surface area contributed by atoms with Crippen LogP contribution >= 0.6 is 0 Å². The first-order chi connectivity index (χ1) is 27.9. The van der Waals surface area contributed by atoms with Gasteiger partial charge in [0.1, 0.15) is 11.0 Å². The maximum atomic E-state index is 12.6. The van der Waals surface area contributed by atoms with Crippen LogP contribution in [0, 0.1) is 0 Å². The quantitative estimate of drug-likeness (QED) is 0.138. The van der Waals surface area contributed by atoms with Gasteiger partial charge in [0.25, 0.3) is 12.0 Å². The Morgan fingerprint density at radius 3 is 1.75 bits per heavy atom. The highest BCUT2D eigenvalue weighted by molar-refractivity contribution is 7.89. The summed E-state index contributed by atoms with van der Waals surface area (Å²) < 4.78 is 111. The molecule has 0 saturated carbocycles. The van der Waals surface area contributed by atoms with E-state index in [1.807, 2.05) is 6.07 Å². The van der Waals surface area contributed by atoms with Gasteiger partial charge in [0, 0.05) is 59.9 Å². The Hall–Kier alpha value is -4.67. The summed E-state index contributed by atoms with van der Waals surface area (Å²) in [4.78, 5) is 11.3. The lowest BCUT2D eigenvalue weighted by atomic mass is 10.0. The van der Waals surface area contributed by atoms with Gasteiger partial charge in [-0.05, 0) is 92.9 Å². The van der Waals surface area contributed by atoms with E-state index in [1.165, 1.54) is 57.8 Å². The van der Waals surface area contributed by atoms with Crippen molar-refractivity contribution in [2.24, 2.45) is 0 Å². The largest absolute Gasteiger partial charge is 0.493 e. The molecule has 3 N–H and O–H groups in total. The van der Waals surface area contributed by atoms with Gasteiger partial charge in [0.15, 0.2) is 29.3 Å². The molecule has 2 fully saturated rings. The van der Waals surface area contributed by atoms with Gasteiger partial charge in [0.05, 0.1) is 16.9 Å². The molecule has 7 rings (SSSR count). The van der Waals surface area contributed by atoms with Crippen LogP contribution in [0.15, 0.2) is 73.2 Å². The Morgan fingerprint density at radius 2 is 1.27 bits per heavy atom. The van der Waals surface area contributed by atoms with Gasteiger partial charge in [-0.15, -0.1) is 0 Å². The Kier molecular flexibility index (Phi) is 13.6. The fourth-order valence-electron chi connectivity index (χ4n) is 6.58. The molecular weight excluding hydrogens is 818 g/mol. The molecule has 0 amide bonds. The number of benzene rings is 3. The number of anilines is 2. The third kappa shape index (κ3) is 11.1. The summed E-state index contributed by atoms with van der Waals surface area (Å²) in [6.07, 6.45) is -0.812. The van der Waals surface area contributed by atoms with E-state index in [-0.39, 0.29) is 27.3 Å². The number of fused-ring (bicyclic) bond motifs is 2. The Labute approximate surface area is 341 Å². The second kappa shape index (κ2) is 18.3. The van der Waals surface area contributed by atoms with Gasteiger partial charge < -0.3 is 34.3 Å². The van der Waals surface area contributed by atoms with Crippen LogP contribution < -0.4 is 25.4 Å². The van der Waals surface area contributed by atoms with Crippen LogP contribution in [0.3, 0.4) is 0 Å². The molecule has 2 aromatic heterocycles. The number of ether oxygens (including phenoxy) is 2. The molecule has 16 nitrogen and oxygen atoms in total. The SMILES string of the molecule is CN(C)S(=O)(=O)c1ccc2oc(NC3CCNCC3)nc2c1.COc1ccc(CN2CCC(Nc3nc4cc(S(=O)(=O)N(C)C)ccc4o3)CC2)cc1OCC(F)(F)F. The summed E-state index contributed by atoms with van der Waals surface area (Å²) >= 11 is 0. The minimum Gasteiger partial charge on any atom is -0.493 e. The smallest absolute Gasteiger partial charge is 0.422 e. The number of sulfonamides is 2. The van der Waals surface area contributed by atoms with Crippen LogP contribution in [-0.2, 0) is 26.6 Å². The molecule has 59 heavy (non-hydrogen) atoms. The summed E-state index contributed by atoms with van der Waals surface area (Å²) in [7, 11) is 0.297. The van der Waals surface area contributed by atoms with E-state index in [4.69, 9.17) is 18.3 Å². The number of nitrogens with zero attached hydrogens (tertiary/aromatic N) is 5. The standard InChI is InChI=1S/C24H29F3N4O5S.C14H20N4O3S/c1-30(2)37(32,33)18-5-7-20-19(13-18)29-23(36-20)28-17-8-10-31(11-9-17)14-16-4-6-21(34-3)22(12-16)35-15-24(25,26)27;1-18(2)22(19,20)11-3-4-13-12(9-11)17-14(21-13)16-10-5-7-15-8-6-10/h4-7,12-13,17H,8-11,14-15H2,1-3H3,(H,28,29);3-4,9-10,15H,5-8H2,1-2H3,(H,16,17). The van der Waals surface area contributed by atoms with Crippen molar-refractivity contribution < 1.29 is 48.3 Å².